The highest BCUT2D eigenvalue weighted by molar-refractivity contribution is 6.22. The highest BCUT2D eigenvalue weighted by atomic mass is 16.3. The molecule has 69 heavy (non-hydrogen) atoms. The molecule has 0 spiro atoms. The third-order valence-electron chi connectivity index (χ3n) is 14.5. The van der Waals surface area contributed by atoms with Crippen molar-refractivity contribution in [3.05, 3.63) is 260 Å². The van der Waals surface area contributed by atoms with Crippen LogP contribution >= 0.6 is 0 Å². The summed E-state index contributed by atoms with van der Waals surface area (Å²) in [4.78, 5) is 2.41. The molecule has 0 saturated carbocycles. The van der Waals surface area contributed by atoms with Gasteiger partial charge in [-0.05, 0) is 138 Å². The Labute approximate surface area is 403 Å². The van der Waals surface area contributed by atoms with Gasteiger partial charge >= 0.3 is 0 Å². The Hall–Kier alpha value is -8.72. The maximum atomic E-state index is 6.96. The molecule has 0 bridgehead atoms. The molecular weight excluding hydrogens is 835 g/mol. The zero-order valence-corrected chi connectivity index (χ0v) is 38.5. The second-order valence-corrected chi connectivity index (χ2v) is 18.8. The lowest BCUT2D eigenvalue weighted by Crippen LogP contribution is -2.16. The molecule has 0 unspecified atom stereocenters. The fraction of sp³-hybridized carbons (Fsp3) is 0.0448. The van der Waals surface area contributed by atoms with E-state index in [1.165, 1.54) is 61.2 Å². The molecule has 12 aromatic rings. The van der Waals surface area contributed by atoms with Crippen LogP contribution in [-0.2, 0) is 5.41 Å². The first-order chi connectivity index (χ1) is 34.0. The number of para-hydroxylation sites is 1. The number of hydrogen-bond acceptors (Lipinski definition) is 2. The smallest absolute Gasteiger partial charge is 0.143 e. The second-order valence-electron chi connectivity index (χ2n) is 18.8. The maximum Gasteiger partial charge on any atom is 0.143 e. The number of anilines is 3. The highest BCUT2D eigenvalue weighted by Crippen LogP contribution is 2.52. The molecule has 326 valence electrons. The van der Waals surface area contributed by atoms with Crippen molar-refractivity contribution in [1.29, 1.82) is 0 Å². The molecule has 1 aromatic heterocycles. The van der Waals surface area contributed by atoms with Crippen molar-refractivity contribution < 1.29 is 4.42 Å². The fourth-order valence-electron chi connectivity index (χ4n) is 11.1. The molecule has 0 N–H and O–H groups in total. The number of hydrogen-bond donors (Lipinski definition) is 0. The van der Waals surface area contributed by atoms with Crippen LogP contribution in [0.3, 0.4) is 0 Å². The van der Waals surface area contributed by atoms with Gasteiger partial charge in [-0.2, -0.15) is 0 Å². The molecule has 2 heteroatoms. The van der Waals surface area contributed by atoms with E-state index < -0.39 is 0 Å². The summed E-state index contributed by atoms with van der Waals surface area (Å²) in [5.41, 5.74) is 22.1. The molecule has 1 aliphatic rings. The minimum atomic E-state index is -0.138. The van der Waals surface area contributed by atoms with E-state index in [-0.39, 0.29) is 5.41 Å². The first kappa shape index (κ1) is 40.5. The van der Waals surface area contributed by atoms with E-state index in [4.69, 9.17) is 4.42 Å². The summed E-state index contributed by atoms with van der Waals surface area (Å²) >= 11 is 0. The van der Waals surface area contributed by atoms with Crippen molar-refractivity contribution in [2.45, 2.75) is 19.3 Å². The minimum absolute atomic E-state index is 0.138. The molecule has 1 aliphatic carbocycles. The summed E-state index contributed by atoms with van der Waals surface area (Å²) in [5.74, 6) is 0. The fourth-order valence-corrected chi connectivity index (χ4v) is 11.1. The van der Waals surface area contributed by atoms with E-state index in [1.54, 1.807) is 0 Å². The zero-order valence-electron chi connectivity index (χ0n) is 38.5. The van der Waals surface area contributed by atoms with Crippen LogP contribution in [0.25, 0.3) is 99.5 Å². The first-order valence-corrected chi connectivity index (χ1v) is 23.9. The minimum Gasteiger partial charge on any atom is -0.455 e. The van der Waals surface area contributed by atoms with Gasteiger partial charge in [0.05, 0.1) is 11.1 Å². The van der Waals surface area contributed by atoms with Gasteiger partial charge < -0.3 is 9.32 Å². The van der Waals surface area contributed by atoms with E-state index in [2.05, 4.69) is 267 Å². The van der Waals surface area contributed by atoms with Crippen molar-refractivity contribution in [2.24, 2.45) is 0 Å². The molecule has 2 nitrogen and oxygen atoms in total. The van der Waals surface area contributed by atoms with Crippen LogP contribution in [0, 0.1) is 0 Å². The maximum absolute atomic E-state index is 6.96. The standard InChI is InChI=1S/C67H47NO/c1-67(2)61-31-18-17-29-52(61)53-39-38-50(40-62(53)67)68(49-26-13-6-14-27-49)63-32-19-33-64-65(63)60-43-55(51-28-15-16-30-54(51)66(60)69-64)47-34-36-48(37-35-47)59-42-57(45-22-9-4-10-23-45)56(44-20-7-3-8-21-44)41-58(59)46-24-11-5-12-25-46/h3-43H,1-2H3. The Morgan fingerprint density at radius 2 is 0.812 bits per heavy atom. The first-order valence-electron chi connectivity index (χ1n) is 23.9. The molecule has 11 aromatic carbocycles. The van der Waals surface area contributed by atoms with Gasteiger partial charge in [-0.15, -0.1) is 0 Å². The number of benzene rings is 11. The lowest BCUT2D eigenvalue weighted by molar-refractivity contribution is 0.660. The highest BCUT2D eigenvalue weighted by Gasteiger charge is 2.36. The molecule has 0 radical (unpaired) electrons. The molecule has 0 fully saturated rings. The van der Waals surface area contributed by atoms with Crippen LogP contribution in [0.4, 0.5) is 17.1 Å². The van der Waals surface area contributed by atoms with Gasteiger partial charge in [0.2, 0.25) is 0 Å². The van der Waals surface area contributed by atoms with Gasteiger partial charge in [0.1, 0.15) is 11.2 Å². The number of fused-ring (bicyclic) bond motifs is 8. The lowest BCUT2D eigenvalue weighted by Gasteiger charge is -2.28. The van der Waals surface area contributed by atoms with Gasteiger partial charge in [-0.1, -0.05) is 208 Å². The lowest BCUT2D eigenvalue weighted by atomic mass is 9.82. The largest absolute Gasteiger partial charge is 0.455 e. The van der Waals surface area contributed by atoms with Gasteiger partial charge in [-0.25, -0.2) is 0 Å². The molecule has 0 atom stereocenters. The summed E-state index contributed by atoms with van der Waals surface area (Å²) in [6.45, 7) is 4.70. The van der Waals surface area contributed by atoms with E-state index in [0.29, 0.717) is 0 Å². The average Bonchev–Trinajstić information content (AvgIpc) is 3.91. The average molecular weight is 882 g/mol. The number of furan rings is 1. The Bertz CT molecular complexity index is 3890. The monoisotopic (exact) mass is 881 g/mol. The van der Waals surface area contributed by atoms with Crippen molar-refractivity contribution in [3.8, 4) is 66.8 Å². The third kappa shape index (κ3) is 6.71. The Kier molecular flexibility index (Phi) is 9.55. The van der Waals surface area contributed by atoms with Crippen LogP contribution in [-0.4, -0.2) is 0 Å². The van der Waals surface area contributed by atoms with Gasteiger partial charge in [0, 0.05) is 27.6 Å². The SMILES string of the molecule is CC1(C)c2ccccc2-c2ccc(N(c3ccccc3)c3cccc4oc5c6ccccc6c(-c6ccc(-c7cc(-c8ccccc8)c(-c8ccccc8)cc7-c7ccccc7)cc6)cc5c34)cc21. The molecule has 13 rings (SSSR count). The van der Waals surface area contributed by atoms with Crippen LogP contribution in [0.2, 0.25) is 0 Å². The van der Waals surface area contributed by atoms with E-state index in [0.717, 1.165) is 66.5 Å². The molecule has 0 amide bonds. The van der Waals surface area contributed by atoms with Crippen molar-refractivity contribution in [3.63, 3.8) is 0 Å². The van der Waals surface area contributed by atoms with Gasteiger partial charge in [0.25, 0.3) is 0 Å². The van der Waals surface area contributed by atoms with Crippen LogP contribution < -0.4 is 4.90 Å². The van der Waals surface area contributed by atoms with Crippen molar-refractivity contribution >= 4 is 49.8 Å². The van der Waals surface area contributed by atoms with Gasteiger partial charge in [-0.3, -0.25) is 0 Å². The molecule has 0 saturated heterocycles. The Balaban J connectivity index is 0.986. The van der Waals surface area contributed by atoms with Crippen LogP contribution in [0.1, 0.15) is 25.0 Å². The summed E-state index contributed by atoms with van der Waals surface area (Å²) in [6.07, 6.45) is 0. The summed E-state index contributed by atoms with van der Waals surface area (Å²) in [6, 6.07) is 90.5. The Morgan fingerprint density at radius 1 is 0.319 bits per heavy atom. The van der Waals surface area contributed by atoms with Crippen LogP contribution in [0.15, 0.2) is 253 Å². The number of nitrogens with zero attached hydrogens (tertiary/aromatic N) is 1. The second kappa shape index (κ2) is 16.3. The molecule has 1 heterocycles. The van der Waals surface area contributed by atoms with Crippen molar-refractivity contribution in [2.75, 3.05) is 4.90 Å². The third-order valence-corrected chi connectivity index (χ3v) is 14.5. The van der Waals surface area contributed by atoms with E-state index in [9.17, 15) is 0 Å². The van der Waals surface area contributed by atoms with Crippen LogP contribution in [0.5, 0.6) is 0 Å². The summed E-state index contributed by atoms with van der Waals surface area (Å²) < 4.78 is 6.96. The summed E-state index contributed by atoms with van der Waals surface area (Å²) in [7, 11) is 0. The Morgan fingerprint density at radius 3 is 1.42 bits per heavy atom. The normalized spacial score (nSPS) is 12.6. The zero-order chi connectivity index (χ0) is 46.1. The van der Waals surface area contributed by atoms with Gasteiger partial charge in [0.15, 0.2) is 0 Å². The van der Waals surface area contributed by atoms with E-state index in [1.807, 2.05) is 0 Å². The quantitative estimate of drug-likeness (QED) is 0.151. The predicted octanol–water partition coefficient (Wildman–Crippen LogP) is 18.9. The summed E-state index contributed by atoms with van der Waals surface area (Å²) in [5, 5.41) is 4.42. The van der Waals surface area contributed by atoms with Crippen molar-refractivity contribution in [1.82, 2.24) is 0 Å². The number of rotatable bonds is 8. The predicted molar refractivity (Wildman–Crippen MR) is 291 cm³/mol. The molecule has 0 aliphatic heterocycles. The topological polar surface area (TPSA) is 16.4 Å². The molecular formula is C67H47NO. The van der Waals surface area contributed by atoms with E-state index >= 15 is 0 Å².